The Morgan fingerprint density at radius 3 is 2.77 bits per heavy atom. The van der Waals surface area contributed by atoms with Gasteiger partial charge >= 0.3 is 0 Å². The van der Waals surface area contributed by atoms with Crippen LogP contribution in [-0.2, 0) is 6.42 Å². The lowest BCUT2D eigenvalue weighted by Crippen LogP contribution is -2.07. The summed E-state index contributed by atoms with van der Waals surface area (Å²) in [5, 5.41) is 7.01. The maximum atomic E-state index is 4.41. The second-order valence-electron chi connectivity index (χ2n) is 6.54. The summed E-state index contributed by atoms with van der Waals surface area (Å²) in [6, 6.07) is 10.8. The third-order valence-corrected chi connectivity index (χ3v) is 6.92. The summed E-state index contributed by atoms with van der Waals surface area (Å²) in [6.45, 7) is 7.38. The van der Waals surface area contributed by atoms with Crippen molar-refractivity contribution in [2.75, 3.05) is 11.9 Å². The minimum absolute atomic E-state index is 0.862. The predicted molar refractivity (Wildman–Crippen MR) is 114 cm³/mol. The Morgan fingerprint density at radius 1 is 1.08 bits per heavy atom. The van der Waals surface area contributed by atoms with Crippen LogP contribution in [0.2, 0.25) is 0 Å². The minimum Gasteiger partial charge on any atom is -0.370 e. The molecule has 3 nitrogen and oxygen atoms in total. The number of thiophene rings is 2. The lowest BCUT2D eigenvalue weighted by atomic mass is 10.1. The van der Waals surface area contributed by atoms with Crippen molar-refractivity contribution in [3.63, 3.8) is 0 Å². The van der Waals surface area contributed by atoms with Crippen molar-refractivity contribution in [1.82, 2.24) is 9.97 Å². The minimum atomic E-state index is 0.862. The van der Waals surface area contributed by atoms with E-state index in [0.717, 1.165) is 24.5 Å². The van der Waals surface area contributed by atoms with Crippen molar-refractivity contribution >= 4 is 38.6 Å². The second kappa shape index (κ2) is 7.17. The second-order valence-corrected chi connectivity index (χ2v) is 8.68. The van der Waals surface area contributed by atoms with Gasteiger partial charge in [0.15, 0.2) is 0 Å². The van der Waals surface area contributed by atoms with E-state index in [9.17, 15) is 0 Å². The average molecular weight is 380 g/mol. The molecule has 4 rings (SSSR count). The number of benzene rings is 1. The van der Waals surface area contributed by atoms with Crippen LogP contribution in [0, 0.1) is 20.8 Å². The summed E-state index contributed by atoms with van der Waals surface area (Å²) in [4.78, 5) is 11.4. The number of anilines is 1. The quantitative estimate of drug-likeness (QED) is 0.462. The first-order chi connectivity index (χ1) is 12.6. The van der Waals surface area contributed by atoms with Gasteiger partial charge < -0.3 is 5.32 Å². The molecule has 1 N–H and O–H groups in total. The molecule has 0 saturated carbocycles. The number of nitrogens with zero attached hydrogens (tertiary/aromatic N) is 2. The Bertz CT molecular complexity index is 1060. The lowest BCUT2D eigenvalue weighted by molar-refractivity contribution is 1.00. The molecule has 0 saturated heterocycles. The molecule has 1 aromatic carbocycles. The van der Waals surface area contributed by atoms with Gasteiger partial charge in [-0.2, -0.15) is 0 Å². The fourth-order valence-corrected chi connectivity index (χ4v) is 5.25. The molecule has 5 heteroatoms. The van der Waals surface area contributed by atoms with E-state index < -0.39 is 0 Å². The number of hydrogen-bond acceptors (Lipinski definition) is 5. The Labute approximate surface area is 161 Å². The SMILES string of the molecule is Cc1csc(-c2cc(NCCc3c(C)sc4c(C)cccc34)ncn2)c1. The highest BCUT2D eigenvalue weighted by atomic mass is 32.1. The van der Waals surface area contributed by atoms with E-state index in [0.29, 0.717) is 0 Å². The Balaban J connectivity index is 1.49. The molecule has 0 amide bonds. The van der Waals surface area contributed by atoms with Crippen LogP contribution in [-0.4, -0.2) is 16.5 Å². The topological polar surface area (TPSA) is 37.8 Å². The van der Waals surface area contributed by atoms with E-state index >= 15 is 0 Å². The molecule has 0 aliphatic rings. The largest absolute Gasteiger partial charge is 0.370 e. The smallest absolute Gasteiger partial charge is 0.129 e. The number of aromatic nitrogens is 2. The van der Waals surface area contributed by atoms with Gasteiger partial charge in [0.25, 0.3) is 0 Å². The zero-order valence-electron chi connectivity index (χ0n) is 15.2. The summed E-state index contributed by atoms with van der Waals surface area (Å²) in [5.41, 5.74) is 5.06. The van der Waals surface area contributed by atoms with E-state index in [1.807, 2.05) is 17.4 Å². The van der Waals surface area contributed by atoms with E-state index in [1.54, 1.807) is 17.7 Å². The van der Waals surface area contributed by atoms with Crippen LogP contribution in [0.25, 0.3) is 20.7 Å². The molecular weight excluding hydrogens is 358 g/mol. The molecule has 4 aromatic rings. The molecule has 0 aliphatic carbocycles. The molecule has 3 aromatic heterocycles. The van der Waals surface area contributed by atoms with E-state index in [1.165, 1.54) is 36.5 Å². The van der Waals surface area contributed by atoms with Crippen LogP contribution in [0.4, 0.5) is 5.82 Å². The molecule has 3 heterocycles. The van der Waals surface area contributed by atoms with Crippen LogP contribution in [0.3, 0.4) is 0 Å². The van der Waals surface area contributed by atoms with E-state index in [-0.39, 0.29) is 0 Å². The number of aryl methyl sites for hydroxylation is 3. The van der Waals surface area contributed by atoms with Gasteiger partial charge in [-0.15, -0.1) is 22.7 Å². The predicted octanol–water partition coefficient (Wildman–Crippen LogP) is 6.00. The summed E-state index contributed by atoms with van der Waals surface area (Å²) in [7, 11) is 0. The van der Waals surface area contributed by atoms with Gasteiger partial charge in [-0.1, -0.05) is 18.2 Å². The van der Waals surface area contributed by atoms with Gasteiger partial charge in [-0.25, -0.2) is 9.97 Å². The van der Waals surface area contributed by atoms with Crippen molar-refractivity contribution in [3.8, 4) is 10.6 Å². The molecule has 0 radical (unpaired) electrons. The van der Waals surface area contributed by atoms with E-state index in [4.69, 9.17) is 0 Å². The Morgan fingerprint density at radius 2 is 1.96 bits per heavy atom. The third kappa shape index (κ3) is 3.37. The van der Waals surface area contributed by atoms with Gasteiger partial charge in [0.2, 0.25) is 0 Å². The monoisotopic (exact) mass is 379 g/mol. The average Bonchev–Trinajstić information content (AvgIpc) is 3.20. The highest BCUT2D eigenvalue weighted by Crippen LogP contribution is 2.33. The maximum Gasteiger partial charge on any atom is 0.129 e. The van der Waals surface area contributed by atoms with Crippen LogP contribution in [0.5, 0.6) is 0 Å². The van der Waals surface area contributed by atoms with Crippen LogP contribution in [0.15, 0.2) is 42.0 Å². The molecule has 0 atom stereocenters. The lowest BCUT2D eigenvalue weighted by Gasteiger charge is -2.07. The van der Waals surface area contributed by atoms with Crippen LogP contribution >= 0.6 is 22.7 Å². The summed E-state index contributed by atoms with van der Waals surface area (Å²) in [6.07, 6.45) is 2.63. The maximum absolute atomic E-state index is 4.41. The fourth-order valence-electron chi connectivity index (χ4n) is 3.21. The zero-order chi connectivity index (χ0) is 18.1. The molecule has 0 bridgehead atoms. The Hall–Kier alpha value is -2.24. The van der Waals surface area contributed by atoms with Gasteiger partial charge in [-0.3, -0.25) is 0 Å². The van der Waals surface area contributed by atoms with Gasteiger partial charge in [0.05, 0.1) is 10.6 Å². The van der Waals surface area contributed by atoms with Crippen molar-refractivity contribution in [2.45, 2.75) is 27.2 Å². The molecule has 0 unspecified atom stereocenters. The van der Waals surface area contributed by atoms with Crippen LogP contribution in [0.1, 0.15) is 21.6 Å². The van der Waals surface area contributed by atoms with Gasteiger partial charge in [-0.05, 0) is 60.7 Å². The number of fused-ring (bicyclic) bond motifs is 1. The molecular formula is C21H21N3S2. The number of rotatable bonds is 5. The highest BCUT2D eigenvalue weighted by molar-refractivity contribution is 7.19. The first kappa shape index (κ1) is 17.2. The number of nitrogens with one attached hydrogen (secondary N) is 1. The fraction of sp³-hybridized carbons (Fsp3) is 0.238. The standard InChI is InChI=1S/C21H21N3S2/c1-13-9-19(25-11-13)18-10-20(24-12-23-18)22-8-7-16-15(3)26-21-14(2)5-4-6-17(16)21/h4-6,9-12H,7-8H2,1-3H3,(H,22,23,24). The first-order valence-electron chi connectivity index (χ1n) is 8.71. The highest BCUT2D eigenvalue weighted by Gasteiger charge is 2.10. The van der Waals surface area contributed by atoms with Gasteiger partial charge in [0, 0.05) is 22.2 Å². The van der Waals surface area contributed by atoms with Crippen molar-refractivity contribution in [3.05, 3.63) is 63.6 Å². The van der Waals surface area contributed by atoms with Crippen molar-refractivity contribution < 1.29 is 0 Å². The van der Waals surface area contributed by atoms with Crippen molar-refractivity contribution in [2.24, 2.45) is 0 Å². The number of hydrogen-bond donors (Lipinski definition) is 1. The summed E-state index contributed by atoms with van der Waals surface area (Å²) < 4.78 is 1.41. The first-order valence-corrected chi connectivity index (χ1v) is 10.4. The molecule has 26 heavy (non-hydrogen) atoms. The molecule has 0 aliphatic heterocycles. The molecule has 0 fully saturated rings. The van der Waals surface area contributed by atoms with Crippen molar-refractivity contribution in [1.29, 1.82) is 0 Å². The summed E-state index contributed by atoms with van der Waals surface area (Å²) >= 11 is 3.62. The van der Waals surface area contributed by atoms with Gasteiger partial charge in [0.1, 0.15) is 12.1 Å². The van der Waals surface area contributed by atoms with E-state index in [2.05, 4.69) is 65.7 Å². The Kier molecular flexibility index (Phi) is 4.74. The summed E-state index contributed by atoms with van der Waals surface area (Å²) in [5.74, 6) is 0.884. The normalized spacial score (nSPS) is 11.2. The third-order valence-electron chi connectivity index (χ3n) is 4.55. The zero-order valence-corrected chi connectivity index (χ0v) is 16.8. The molecule has 132 valence electrons. The van der Waals surface area contributed by atoms with Crippen LogP contribution < -0.4 is 5.32 Å². The molecule has 0 spiro atoms.